The van der Waals surface area contributed by atoms with Gasteiger partial charge in [-0.2, -0.15) is 0 Å². The fourth-order valence-corrected chi connectivity index (χ4v) is 1.02. The Morgan fingerprint density at radius 2 is 2.09 bits per heavy atom. The average Bonchev–Trinajstić information content (AvgIpc) is 1.86. The van der Waals surface area contributed by atoms with Crippen molar-refractivity contribution in [2.24, 2.45) is 5.41 Å². The van der Waals surface area contributed by atoms with E-state index in [2.05, 4.69) is 6.58 Å². The largest absolute Gasteiger partial charge is 0.481 e. The molecule has 64 valence electrons. The van der Waals surface area contributed by atoms with E-state index in [-0.39, 0.29) is 0 Å². The second kappa shape index (κ2) is 3.56. The molecule has 2 nitrogen and oxygen atoms in total. The van der Waals surface area contributed by atoms with Gasteiger partial charge in [-0.3, -0.25) is 4.79 Å². The molecule has 11 heavy (non-hydrogen) atoms. The highest BCUT2D eigenvalue weighted by molar-refractivity contribution is 5.74. The van der Waals surface area contributed by atoms with E-state index in [0.29, 0.717) is 12.8 Å². The van der Waals surface area contributed by atoms with Crippen LogP contribution in [0.1, 0.15) is 33.6 Å². The Morgan fingerprint density at radius 3 is 2.18 bits per heavy atom. The first-order valence-electron chi connectivity index (χ1n) is 3.80. The summed E-state index contributed by atoms with van der Waals surface area (Å²) in [7, 11) is 0. The molecule has 0 saturated carbocycles. The van der Waals surface area contributed by atoms with Crippen LogP contribution in [-0.2, 0) is 4.79 Å². The number of aliphatic carboxylic acids is 1. The standard InChI is InChI=1S/C9H16O2/c1-5-9(4,8(10)11)6-7(2)3/h2,5-6H2,1,3-4H3,(H,10,11). The van der Waals surface area contributed by atoms with Crippen molar-refractivity contribution in [3.63, 3.8) is 0 Å². The lowest BCUT2D eigenvalue weighted by Gasteiger charge is -2.22. The summed E-state index contributed by atoms with van der Waals surface area (Å²) in [5.41, 5.74) is 0.308. The summed E-state index contributed by atoms with van der Waals surface area (Å²) in [6.45, 7) is 9.21. The van der Waals surface area contributed by atoms with Crippen molar-refractivity contribution in [2.75, 3.05) is 0 Å². The third-order valence-electron chi connectivity index (χ3n) is 1.99. The summed E-state index contributed by atoms with van der Waals surface area (Å²) in [5, 5.41) is 8.84. The van der Waals surface area contributed by atoms with Gasteiger partial charge in [-0.1, -0.05) is 12.5 Å². The van der Waals surface area contributed by atoms with Crippen molar-refractivity contribution in [3.8, 4) is 0 Å². The van der Waals surface area contributed by atoms with E-state index < -0.39 is 11.4 Å². The molecule has 0 aromatic heterocycles. The van der Waals surface area contributed by atoms with E-state index in [1.165, 1.54) is 0 Å². The third-order valence-corrected chi connectivity index (χ3v) is 1.99. The summed E-state index contributed by atoms with van der Waals surface area (Å²) >= 11 is 0. The van der Waals surface area contributed by atoms with Gasteiger partial charge in [0.2, 0.25) is 0 Å². The van der Waals surface area contributed by atoms with Crippen LogP contribution in [0.25, 0.3) is 0 Å². The second-order valence-corrected chi connectivity index (χ2v) is 3.35. The Labute approximate surface area is 67.9 Å². The molecule has 0 fully saturated rings. The van der Waals surface area contributed by atoms with Crippen LogP contribution in [0.15, 0.2) is 12.2 Å². The molecule has 0 bridgehead atoms. The maximum absolute atomic E-state index is 10.7. The fourth-order valence-electron chi connectivity index (χ4n) is 1.02. The van der Waals surface area contributed by atoms with Gasteiger partial charge in [0.05, 0.1) is 5.41 Å². The van der Waals surface area contributed by atoms with Gasteiger partial charge in [-0.25, -0.2) is 0 Å². The van der Waals surface area contributed by atoms with Gasteiger partial charge in [0.25, 0.3) is 0 Å². The van der Waals surface area contributed by atoms with Gasteiger partial charge in [0, 0.05) is 0 Å². The highest BCUT2D eigenvalue weighted by atomic mass is 16.4. The van der Waals surface area contributed by atoms with Gasteiger partial charge in [0.15, 0.2) is 0 Å². The van der Waals surface area contributed by atoms with Crippen molar-refractivity contribution in [1.29, 1.82) is 0 Å². The van der Waals surface area contributed by atoms with Gasteiger partial charge in [-0.05, 0) is 26.7 Å². The fraction of sp³-hybridized carbons (Fsp3) is 0.667. The summed E-state index contributed by atoms with van der Waals surface area (Å²) in [6.07, 6.45) is 1.22. The molecule has 0 aliphatic carbocycles. The summed E-state index contributed by atoms with van der Waals surface area (Å²) in [4.78, 5) is 10.7. The molecule has 0 amide bonds. The Balaban J connectivity index is 4.34. The van der Waals surface area contributed by atoms with E-state index in [0.717, 1.165) is 5.57 Å². The smallest absolute Gasteiger partial charge is 0.309 e. The van der Waals surface area contributed by atoms with Gasteiger partial charge in [-0.15, -0.1) is 6.58 Å². The van der Waals surface area contributed by atoms with Crippen molar-refractivity contribution in [1.82, 2.24) is 0 Å². The van der Waals surface area contributed by atoms with Crippen molar-refractivity contribution < 1.29 is 9.90 Å². The molecule has 1 unspecified atom stereocenters. The van der Waals surface area contributed by atoms with Crippen LogP contribution < -0.4 is 0 Å². The predicted octanol–water partition coefficient (Wildman–Crippen LogP) is 2.45. The molecule has 1 N–H and O–H groups in total. The van der Waals surface area contributed by atoms with E-state index in [1.54, 1.807) is 6.92 Å². The molecule has 0 radical (unpaired) electrons. The van der Waals surface area contributed by atoms with E-state index in [1.807, 2.05) is 13.8 Å². The Hall–Kier alpha value is -0.790. The molecular weight excluding hydrogens is 140 g/mol. The zero-order valence-corrected chi connectivity index (χ0v) is 7.48. The SMILES string of the molecule is C=C(C)CC(C)(CC)C(=O)O. The van der Waals surface area contributed by atoms with Crippen LogP contribution in [0.3, 0.4) is 0 Å². The Bertz CT molecular complexity index is 172. The normalized spacial score (nSPS) is 15.5. The lowest BCUT2D eigenvalue weighted by Crippen LogP contribution is -2.26. The molecule has 2 heteroatoms. The monoisotopic (exact) mass is 156 g/mol. The molecule has 0 saturated heterocycles. The number of rotatable bonds is 4. The number of carbonyl (C=O) groups is 1. The number of carboxylic acid groups (broad SMARTS) is 1. The first kappa shape index (κ1) is 10.2. The molecule has 0 aliphatic heterocycles. The third kappa shape index (κ3) is 2.74. The first-order chi connectivity index (χ1) is 4.92. The molecule has 1 atom stereocenters. The topological polar surface area (TPSA) is 37.3 Å². The van der Waals surface area contributed by atoms with Gasteiger partial charge >= 0.3 is 5.97 Å². The first-order valence-corrected chi connectivity index (χ1v) is 3.80. The molecule has 0 aromatic rings. The number of allylic oxidation sites excluding steroid dienone is 1. The maximum Gasteiger partial charge on any atom is 0.309 e. The minimum atomic E-state index is -0.733. The highest BCUT2D eigenvalue weighted by Gasteiger charge is 2.30. The van der Waals surface area contributed by atoms with Crippen LogP contribution in [0.4, 0.5) is 0 Å². The van der Waals surface area contributed by atoms with E-state index >= 15 is 0 Å². The summed E-state index contributed by atoms with van der Waals surface area (Å²) < 4.78 is 0. The summed E-state index contributed by atoms with van der Waals surface area (Å²) in [6, 6.07) is 0. The maximum atomic E-state index is 10.7. The molecule has 0 rings (SSSR count). The second-order valence-electron chi connectivity index (χ2n) is 3.35. The molecule has 0 aliphatic rings. The van der Waals surface area contributed by atoms with Crippen LogP contribution in [0.5, 0.6) is 0 Å². The van der Waals surface area contributed by atoms with E-state index in [9.17, 15) is 4.79 Å². The lowest BCUT2D eigenvalue weighted by molar-refractivity contribution is -0.148. The highest BCUT2D eigenvalue weighted by Crippen LogP contribution is 2.28. The predicted molar refractivity (Wildman–Crippen MR) is 45.5 cm³/mol. The molecular formula is C9H16O2. The Morgan fingerprint density at radius 1 is 1.64 bits per heavy atom. The number of hydrogen-bond acceptors (Lipinski definition) is 1. The summed E-state index contributed by atoms with van der Waals surface area (Å²) in [5.74, 6) is -0.733. The van der Waals surface area contributed by atoms with Crippen LogP contribution in [0, 0.1) is 5.41 Å². The van der Waals surface area contributed by atoms with Crippen LogP contribution in [0.2, 0.25) is 0 Å². The molecule has 0 heterocycles. The van der Waals surface area contributed by atoms with Gasteiger partial charge in [0.1, 0.15) is 0 Å². The van der Waals surface area contributed by atoms with Crippen molar-refractivity contribution >= 4 is 5.97 Å². The van der Waals surface area contributed by atoms with Crippen molar-refractivity contribution in [3.05, 3.63) is 12.2 Å². The average molecular weight is 156 g/mol. The van der Waals surface area contributed by atoms with Gasteiger partial charge < -0.3 is 5.11 Å². The Kier molecular flexibility index (Phi) is 3.30. The van der Waals surface area contributed by atoms with E-state index in [4.69, 9.17) is 5.11 Å². The van der Waals surface area contributed by atoms with Crippen LogP contribution >= 0.6 is 0 Å². The van der Waals surface area contributed by atoms with Crippen molar-refractivity contribution in [2.45, 2.75) is 33.6 Å². The molecule has 0 spiro atoms. The quantitative estimate of drug-likeness (QED) is 0.635. The minimum Gasteiger partial charge on any atom is -0.481 e. The lowest BCUT2D eigenvalue weighted by atomic mass is 9.82. The zero-order valence-electron chi connectivity index (χ0n) is 7.48. The minimum absolute atomic E-state index is 0.568. The zero-order chi connectivity index (χ0) is 9.07. The number of hydrogen-bond donors (Lipinski definition) is 1. The van der Waals surface area contributed by atoms with Crippen LogP contribution in [-0.4, -0.2) is 11.1 Å². The number of carboxylic acids is 1. The molecule has 0 aromatic carbocycles.